The predicted octanol–water partition coefficient (Wildman–Crippen LogP) is 2.62. The fraction of sp³-hybridized carbons (Fsp3) is 0.500. The van der Waals surface area contributed by atoms with Gasteiger partial charge in [-0.05, 0) is 32.0 Å². The van der Waals surface area contributed by atoms with Gasteiger partial charge in [-0.25, -0.2) is 0 Å². The van der Waals surface area contributed by atoms with Crippen LogP contribution in [0.1, 0.15) is 24.4 Å². The van der Waals surface area contributed by atoms with Crippen molar-refractivity contribution in [2.24, 2.45) is 5.73 Å². The highest BCUT2D eigenvalue weighted by Gasteiger charge is 2.24. The summed E-state index contributed by atoms with van der Waals surface area (Å²) in [7, 11) is 2.18. The third-order valence-electron chi connectivity index (χ3n) is 3.10. The van der Waals surface area contributed by atoms with E-state index >= 15 is 0 Å². The van der Waals surface area contributed by atoms with Crippen LogP contribution in [0.4, 0.5) is 0 Å². The molecule has 0 radical (unpaired) electrons. The SMILES string of the molecule is CN1CCC(N)CC1c1ccccc1.Cl.Cl. The smallest absolute Gasteiger partial charge is 0.0359 e. The first-order chi connectivity index (χ1) is 6.77. The Morgan fingerprint density at radius 1 is 1.19 bits per heavy atom. The van der Waals surface area contributed by atoms with E-state index in [0.717, 1.165) is 19.4 Å². The van der Waals surface area contributed by atoms with Crippen LogP contribution in [0.5, 0.6) is 0 Å². The molecule has 4 heteroatoms. The van der Waals surface area contributed by atoms with Crippen LogP contribution in [0, 0.1) is 0 Å². The molecule has 2 unspecified atom stereocenters. The summed E-state index contributed by atoms with van der Waals surface area (Å²) in [4.78, 5) is 2.40. The molecule has 2 nitrogen and oxygen atoms in total. The van der Waals surface area contributed by atoms with Crippen LogP contribution in [0.25, 0.3) is 0 Å². The average Bonchev–Trinajstić information content (AvgIpc) is 2.23. The number of rotatable bonds is 1. The second-order valence-corrected chi connectivity index (χ2v) is 4.19. The molecule has 0 spiro atoms. The highest BCUT2D eigenvalue weighted by molar-refractivity contribution is 5.85. The second-order valence-electron chi connectivity index (χ2n) is 4.19. The third-order valence-corrected chi connectivity index (χ3v) is 3.10. The summed E-state index contributed by atoms with van der Waals surface area (Å²) in [5, 5.41) is 0. The molecule has 0 amide bonds. The highest BCUT2D eigenvalue weighted by atomic mass is 35.5. The lowest BCUT2D eigenvalue weighted by molar-refractivity contribution is 0.171. The molecule has 1 saturated heterocycles. The molecular formula is C12H20Cl2N2. The van der Waals surface area contributed by atoms with Crippen LogP contribution in [-0.4, -0.2) is 24.5 Å². The molecule has 16 heavy (non-hydrogen) atoms. The van der Waals surface area contributed by atoms with Crippen molar-refractivity contribution in [3.05, 3.63) is 35.9 Å². The molecule has 0 aromatic heterocycles. The van der Waals surface area contributed by atoms with Crippen LogP contribution in [0.15, 0.2) is 30.3 Å². The van der Waals surface area contributed by atoms with Gasteiger partial charge in [-0.3, -0.25) is 4.90 Å². The normalized spacial score (nSPS) is 25.4. The Balaban J connectivity index is 0.00000112. The number of hydrogen-bond acceptors (Lipinski definition) is 2. The Hall–Kier alpha value is -0.280. The molecular weight excluding hydrogens is 243 g/mol. The van der Waals surface area contributed by atoms with Crippen molar-refractivity contribution in [1.82, 2.24) is 4.90 Å². The van der Waals surface area contributed by atoms with E-state index in [4.69, 9.17) is 5.73 Å². The molecule has 0 bridgehead atoms. The number of hydrogen-bond donors (Lipinski definition) is 1. The van der Waals surface area contributed by atoms with Crippen LogP contribution in [0.3, 0.4) is 0 Å². The van der Waals surface area contributed by atoms with Gasteiger partial charge in [-0.1, -0.05) is 30.3 Å². The molecule has 1 fully saturated rings. The summed E-state index contributed by atoms with van der Waals surface area (Å²) in [6.45, 7) is 1.11. The van der Waals surface area contributed by atoms with Gasteiger partial charge in [-0.2, -0.15) is 0 Å². The average molecular weight is 263 g/mol. The third kappa shape index (κ3) is 3.63. The summed E-state index contributed by atoms with van der Waals surface area (Å²) in [5.74, 6) is 0. The predicted molar refractivity (Wildman–Crippen MR) is 73.5 cm³/mol. The van der Waals surface area contributed by atoms with Gasteiger partial charge in [0.25, 0.3) is 0 Å². The van der Waals surface area contributed by atoms with Crippen molar-refractivity contribution in [3.63, 3.8) is 0 Å². The number of nitrogens with zero attached hydrogens (tertiary/aromatic N) is 1. The molecule has 1 aliphatic rings. The lowest BCUT2D eigenvalue weighted by Crippen LogP contribution is -2.39. The zero-order chi connectivity index (χ0) is 9.97. The van der Waals surface area contributed by atoms with Crippen LogP contribution >= 0.6 is 24.8 Å². The first-order valence-corrected chi connectivity index (χ1v) is 5.28. The Kier molecular flexibility index (Phi) is 7.00. The summed E-state index contributed by atoms with van der Waals surface area (Å²) in [5.41, 5.74) is 7.39. The summed E-state index contributed by atoms with van der Waals surface area (Å²) in [6, 6.07) is 11.5. The van der Waals surface area contributed by atoms with Gasteiger partial charge in [0.2, 0.25) is 0 Å². The van der Waals surface area contributed by atoms with Gasteiger partial charge in [0.1, 0.15) is 0 Å². The second kappa shape index (κ2) is 7.13. The zero-order valence-electron chi connectivity index (χ0n) is 9.50. The minimum atomic E-state index is 0. The van der Waals surface area contributed by atoms with Crippen molar-refractivity contribution >= 4 is 24.8 Å². The van der Waals surface area contributed by atoms with E-state index in [1.54, 1.807) is 0 Å². The van der Waals surface area contributed by atoms with Crippen LogP contribution in [0.2, 0.25) is 0 Å². The van der Waals surface area contributed by atoms with Crippen molar-refractivity contribution in [2.75, 3.05) is 13.6 Å². The molecule has 2 N–H and O–H groups in total. The van der Waals surface area contributed by atoms with Crippen LogP contribution in [-0.2, 0) is 0 Å². The molecule has 1 aromatic carbocycles. The van der Waals surface area contributed by atoms with E-state index < -0.39 is 0 Å². The number of benzene rings is 1. The van der Waals surface area contributed by atoms with Crippen LogP contribution < -0.4 is 5.73 Å². The minimum absolute atomic E-state index is 0. The van der Waals surface area contributed by atoms with Gasteiger partial charge in [0, 0.05) is 12.1 Å². The number of halogens is 2. The lowest BCUT2D eigenvalue weighted by atomic mass is 9.93. The first kappa shape index (κ1) is 15.7. The van der Waals surface area contributed by atoms with Crippen molar-refractivity contribution in [2.45, 2.75) is 24.9 Å². The van der Waals surface area contributed by atoms with Crippen molar-refractivity contribution < 1.29 is 0 Å². The van der Waals surface area contributed by atoms with Gasteiger partial charge >= 0.3 is 0 Å². The lowest BCUT2D eigenvalue weighted by Gasteiger charge is -2.36. The van der Waals surface area contributed by atoms with Gasteiger partial charge in [0.05, 0.1) is 0 Å². The molecule has 2 rings (SSSR count). The molecule has 1 aromatic rings. The fourth-order valence-electron chi connectivity index (χ4n) is 2.18. The molecule has 0 saturated carbocycles. The Morgan fingerprint density at radius 2 is 1.81 bits per heavy atom. The molecule has 1 aliphatic heterocycles. The summed E-state index contributed by atoms with van der Waals surface area (Å²) >= 11 is 0. The summed E-state index contributed by atoms with van der Waals surface area (Å²) < 4.78 is 0. The Morgan fingerprint density at radius 3 is 2.44 bits per heavy atom. The monoisotopic (exact) mass is 262 g/mol. The molecule has 1 heterocycles. The summed E-state index contributed by atoms with van der Waals surface area (Å²) in [6.07, 6.45) is 2.21. The van der Waals surface area contributed by atoms with Gasteiger partial charge < -0.3 is 5.73 Å². The van der Waals surface area contributed by atoms with Crippen molar-refractivity contribution in [1.29, 1.82) is 0 Å². The largest absolute Gasteiger partial charge is 0.328 e. The molecule has 0 aliphatic carbocycles. The quantitative estimate of drug-likeness (QED) is 0.844. The number of likely N-dealkylation sites (tertiary alicyclic amines) is 1. The van der Waals surface area contributed by atoms with E-state index in [-0.39, 0.29) is 24.8 Å². The van der Waals surface area contributed by atoms with E-state index in [9.17, 15) is 0 Å². The maximum Gasteiger partial charge on any atom is 0.0359 e. The maximum absolute atomic E-state index is 6.00. The number of nitrogens with two attached hydrogens (primary N) is 1. The highest BCUT2D eigenvalue weighted by Crippen LogP contribution is 2.28. The zero-order valence-corrected chi connectivity index (χ0v) is 11.1. The van der Waals surface area contributed by atoms with E-state index in [1.807, 2.05) is 0 Å². The molecule has 2 atom stereocenters. The minimum Gasteiger partial charge on any atom is -0.328 e. The van der Waals surface area contributed by atoms with Crippen molar-refractivity contribution in [3.8, 4) is 0 Å². The van der Waals surface area contributed by atoms with E-state index in [2.05, 4.69) is 42.3 Å². The Bertz CT molecular complexity index is 292. The standard InChI is InChI=1S/C12H18N2.2ClH/c1-14-8-7-11(13)9-12(14)10-5-3-2-4-6-10;;/h2-6,11-12H,7-9,13H2,1H3;2*1H. The number of piperidine rings is 1. The van der Waals surface area contributed by atoms with E-state index in [1.165, 1.54) is 5.56 Å². The van der Waals surface area contributed by atoms with E-state index in [0.29, 0.717) is 12.1 Å². The van der Waals surface area contributed by atoms with Gasteiger partial charge in [0.15, 0.2) is 0 Å². The maximum atomic E-state index is 6.00. The topological polar surface area (TPSA) is 29.3 Å². The fourth-order valence-corrected chi connectivity index (χ4v) is 2.18. The Labute approximate surface area is 110 Å². The van der Waals surface area contributed by atoms with Gasteiger partial charge in [-0.15, -0.1) is 24.8 Å². The molecule has 92 valence electrons. The first-order valence-electron chi connectivity index (χ1n) is 5.28.